The number of aliphatic hydroxyl groups excluding tert-OH is 1. The summed E-state index contributed by atoms with van der Waals surface area (Å²) in [5.41, 5.74) is -2.35. The third-order valence-electron chi connectivity index (χ3n) is 5.48. The topological polar surface area (TPSA) is 135 Å². The summed E-state index contributed by atoms with van der Waals surface area (Å²) < 4.78 is 93.7. The fraction of sp³-hybridized carbons (Fsp3) is 0.348. The molecular weight excluding hydrogens is 589 g/mol. The molecule has 1 heterocycles. The monoisotopic (exact) mass is 611 g/mol. The zero-order valence-corrected chi connectivity index (χ0v) is 22.1. The number of aromatic nitrogens is 3. The van der Waals surface area contributed by atoms with E-state index in [2.05, 4.69) is 10.4 Å². The Hall–Kier alpha value is -3.34. The molecule has 3 N–H and O–H groups in total. The molecule has 0 radical (unpaired) electrons. The number of carbonyl (C=O) groups is 1. The van der Waals surface area contributed by atoms with E-state index in [1.807, 2.05) is 4.72 Å². The van der Waals surface area contributed by atoms with E-state index in [4.69, 9.17) is 11.6 Å². The second kappa shape index (κ2) is 12.4. The quantitative estimate of drug-likeness (QED) is 0.285. The standard InChI is InChI=1S/C23H23ClF5N5O5S/c1-40(38,39)32-17(15-4-2-3-5-16(15)23(27,28)29)10-30-19(36)12-34-22(37)33(11-18(35)20(25)26)21(31-34)13-6-8-14(24)9-7-13/h2-9,17-18,20,32,35H,10-12H2,1H3,(H,30,36). The fourth-order valence-corrected chi connectivity index (χ4v) is 4.58. The molecule has 2 unspecified atom stereocenters. The van der Waals surface area contributed by atoms with Crippen molar-refractivity contribution in [2.75, 3.05) is 12.8 Å². The molecule has 1 amide bonds. The van der Waals surface area contributed by atoms with Crippen molar-refractivity contribution in [1.82, 2.24) is 24.4 Å². The lowest BCUT2D eigenvalue weighted by atomic mass is 10.0. The van der Waals surface area contributed by atoms with Gasteiger partial charge in [-0.25, -0.2) is 31.4 Å². The number of halogens is 6. The van der Waals surface area contributed by atoms with Gasteiger partial charge in [-0.2, -0.15) is 13.2 Å². The summed E-state index contributed by atoms with van der Waals surface area (Å²) in [5.74, 6) is -1.11. The molecule has 0 aliphatic rings. The molecule has 0 saturated heterocycles. The zero-order chi connectivity index (χ0) is 29.8. The summed E-state index contributed by atoms with van der Waals surface area (Å²) in [6.45, 7) is -2.29. The van der Waals surface area contributed by atoms with Gasteiger partial charge in [0, 0.05) is 17.1 Å². The van der Waals surface area contributed by atoms with Crippen molar-refractivity contribution in [2.45, 2.75) is 37.8 Å². The number of hydrogen-bond donors (Lipinski definition) is 3. The van der Waals surface area contributed by atoms with Crippen LogP contribution in [0.25, 0.3) is 11.4 Å². The number of alkyl halides is 5. The van der Waals surface area contributed by atoms with E-state index in [9.17, 15) is 45.1 Å². The average molecular weight is 612 g/mol. The SMILES string of the molecule is CS(=O)(=O)NC(CNC(=O)Cn1nc(-c2ccc(Cl)cc2)n(CC(O)C(F)F)c1=O)c1ccccc1C(F)(F)F. The molecule has 2 atom stereocenters. The maximum atomic E-state index is 13.5. The molecule has 0 aliphatic heterocycles. The van der Waals surface area contributed by atoms with Crippen LogP contribution in [0.1, 0.15) is 17.2 Å². The second-order valence-electron chi connectivity index (χ2n) is 8.61. The highest BCUT2D eigenvalue weighted by atomic mass is 35.5. The summed E-state index contributed by atoms with van der Waals surface area (Å²) in [6, 6.07) is 8.40. The van der Waals surface area contributed by atoms with Crippen LogP contribution in [0.2, 0.25) is 5.02 Å². The number of benzene rings is 2. The van der Waals surface area contributed by atoms with Gasteiger partial charge in [0.15, 0.2) is 5.82 Å². The fourth-order valence-electron chi connectivity index (χ4n) is 3.73. The lowest BCUT2D eigenvalue weighted by molar-refractivity contribution is -0.138. The van der Waals surface area contributed by atoms with Crippen molar-refractivity contribution >= 4 is 27.5 Å². The summed E-state index contributed by atoms with van der Waals surface area (Å²) in [4.78, 5) is 25.6. The summed E-state index contributed by atoms with van der Waals surface area (Å²) in [6.07, 6.45) is -9.50. The van der Waals surface area contributed by atoms with Crippen LogP contribution in [-0.4, -0.2) is 59.1 Å². The lowest BCUT2D eigenvalue weighted by Gasteiger charge is -2.22. The van der Waals surface area contributed by atoms with Crippen LogP contribution in [0.15, 0.2) is 53.3 Å². The molecule has 218 valence electrons. The van der Waals surface area contributed by atoms with Crippen molar-refractivity contribution in [2.24, 2.45) is 0 Å². The largest absolute Gasteiger partial charge is 0.416 e. The maximum Gasteiger partial charge on any atom is 0.416 e. The molecular formula is C23H23ClF5N5O5S. The smallest absolute Gasteiger partial charge is 0.385 e. The van der Waals surface area contributed by atoms with Crippen molar-refractivity contribution < 1.29 is 40.3 Å². The number of sulfonamides is 1. The Bertz CT molecular complexity index is 1510. The normalized spacial score (nSPS) is 13.8. The Morgan fingerprint density at radius 3 is 2.33 bits per heavy atom. The molecule has 1 aromatic heterocycles. The molecule has 0 bridgehead atoms. The van der Waals surface area contributed by atoms with Crippen LogP contribution in [0, 0.1) is 0 Å². The molecule has 10 nitrogen and oxygen atoms in total. The first-order chi connectivity index (χ1) is 18.6. The third-order valence-corrected chi connectivity index (χ3v) is 6.45. The molecule has 0 fully saturated rings. The lowest BCUT2D eigenvalue weighted by Crippen LogP contribution is -2.41. The average Bonchev–Trinajstić information content (AvgIpc) is 3.15. The molecule has 2 aromatic carbocycles. The van der Waals surface area contributed by atoms with E-state index < -0.39 is 77.1 Å². The van der Waals surface area contributed by atoms with Gasteiger partial charge < -0.3 is 10.4 Å². The summed E-state index contributed by atoms with van der Waals surface area (Å²) in [5, 5.41) is 16.2. The van der Waals surface area contributed by atoms with E-state index in [1.54, 1.807) is 0 Å². The number of amides is 1. The number of aliphatic hydroxyl groups is 1. The number of nitrogens with one attached hydrogen (secondary N) is 2. The molecule has 40 heavy (non-hydrogen) atoms. The number of hydrogen-bond acceptors (Lipinski definition) is 6. The Labute approximate surface area is 229 Å². The Morgan fingerprint density at radius 1 is 1.12 bits per heavy atom. The van der Waals surface area contributed by atoms with Crippen LogP contribution in [0.4, 0.5) is 22.0 Å². The maximum absolute atomic E-state index is 13.5. The van der Waals surface area contributed by atoms with Gasteiger partial charge in [0.1, 0.15) is 12.6 Å². The van der Waals surface area contributed by atoms with Crippen LogP contribution >= 0.6 is 11.6 Å². The van der Waals surface area contributed by atoms with Crippen LogP contribution in [-0.2, 0) is 34.1 Å². The predicted octanol–water partition coefficient (Wildman–Crippen LogP) is 2.42. The Balaban J connectivity index is 1.88. The van der Waals surface area contributed by atoms with Gasteiger partial charge >= 0.3 is 11.9 Å². The molecule has 3 rings (SSSR count). The van der Waals surface area contributed by atoms with E-state index in [0.29, 0.717) is 9.70 Å². The summed E-state index contributed by atoms with van der Waals surface area (Å²) in [7, 11) is -4.04. The van der Waals surface area contributed by atoms with Crippen molar-refractivity contribution in [3.63, 3.8) is 0 Å². The second-order valence-corrected chi connectivity index (χ2v) is 10.8. The van der Waals surface area contributed by atoms with Crippen molar-refractivity contribution in [1.29, 1.82) is 0 Å². The van der Waals surface area contributed by atoms with E-state index in [1.165, 1.54) is 30.3 Å². The van der Waals surface area contributed by atoms with Crippen molar-refractivity contribution in [3.05, 3.63) is 75.2 Å². The number of nitrogens with zero attached hydrogens (tertiary/aromatic N) is 3. The van der Waals surface area contributed by atoms with Crippen LogP contribution in [0.3, 0.4) is 0 Å². The van der Waals surface area contributed by atoms with Gasteiger partial charge in [-0.05, 0) is 35.9 Å². The van der Waals surface area contributed by atoms with Gasteiger partial charge in [0.05, 0.1) is 24.4 Å². The van der Waals surface area contributed by atoms with Gasteiger partial charge in [0.2, 0.25) is 15.9 Å². The first-order valence-electron chi connectivity index (χ1n) is 11.4. The minimum absolute atomic E-state index is 0.162. The van der Waals surface area contributed by atoms with Crippen LogP contribution < -0.4 is 15.7 Å². The molecule has 17 heteroatoms. The van der Waals surface area contributed by atoms with Gasteiger partial charge in [-0.1, -0.05) is 29.8 Å². The highest BCUT2D eigenvalue weighted by Crippen LogP contribution is 2.34. The molecule has 0 spiro atoms. The Kier molecular flexibility index (Phi) is 9.71. The van der Waals surface area contributed by atoms with E-state index in [0.717, 1.165) is 29.0 Å². The van der Waals surface area contributed by atoms with Gasteiger partial charge in [-0.15, -0.1) is 5.10 Å². The summed E-state index contributed by atoms with van der Waals surface area (Å²) >= 11 is 5.86. The molecule has 3 aromatic rings. The van der Waals surface area contributed by atoms with E-state index in [-0.39, 0.29) is 11.4 Å². The predicted molar refractivity (Wildman–Crippen MR) is 134 cm³/mol. The van der Waals surface area contributed by atoms with Crippen LogP contribution in [0.5, 0.6) is 0 Å². The highest BCUT2D eigenvalue weighted by Gasteiger charge is 2.35. The highest BCUT2D eigenvalue weighted by molar-refractivity contribution is 7.88. The van der Waals surface area contributed by atoms with Gasteiger partial charge in [-0.3, -0.25) is 9.36 Å². The van der Waals surface area contributed by atoms with E-state index >= 15 is 0 Å². The molecule has 0 saturated carbocycles. The number of rotatable bonds is 11. The van der Waals surface area contributed by atoms with Gasteiger partial charge in [0.25, 0.3) is 6.43 Å². The number of carbonyl (C=O) groups excluding carboxylic acids is 1. The Morgan fingerprint density at radius 2 is 1.75 bits per heavy atom. The first-order valence-corrected chi connectivity index (χ1v) is 13.6. The minimum Gasteiger partial charge on any atom is -0.385 e. The molecule has 0 aliphatic carbocycles. The third kappa shape index (κ3) is 8.09. The first kappa shape index (κ1) is 31.2. The van der Waals surface area contributed by atoms with Crippen molar-refractivity contribution in [3.8, 4) is 11.4 Å². The minimum atomic E-state index is -4.82. The zero-order valence-electron chi connectivity index (χ0n) is 20.6.